The maximum Gasteiger partial charge on any atom is 0.409 e. The minimum Gasteiger partial charge on any atom is -0.507 e. The number of nitrogens with one attached hydrogen (secondary N) is 1. The second-order valence-electron chi connectivity index (χ2n) is 12.8. The van der Waals surface area contributed by atoms with Gasteiger partial charge in [-0.1, -0.05) is 53.7 Å². The van der Waals surface area contributed by atoms with E-state index in [1.165, 1.54) is 23.1 Å². The van der Waals surface area contributed by atoms with Crippen LogP contribution < -0.4 is 5.32 Å². The molecule has 0 unspecified atom stereocenters. The first-order chi connectivity index (χ1) is 20.4. The molecule has 0 aromatic heterocycles. The van der Waals surface area contributed by atoms with Crippen LogP contribution in [-0.4, -0.2) is 90.9 Å². The number of carbonyl (C=O) groups excluding carboxylic acids is 4. The number of phenolic OH excluding ortho intramolecular Hbond substituents is 1. The van der Waals surface area contributed by atoms with Crippen LogP contribution in [0.15, 0.2) is 52.7 Å². The Labute approximate surface area is 260 Å². The molecule has 12 nitrogen and oxygen atoms in total. The number of ether oxygens (including phenoxy) is 1. The Morgan fingerprint density at radius 1 is 0.750 bits per heavy atom. The fourth-order valence-electron chi connectivity index (χ4n) is 3.97. The van der Waals surface area contributed by atoms with Crippen LogP contribution in [0.1, 0.15) is 57.5 Å². The molecule has 0 spiro atoms. The van der Waals surface area contributed by atoms with E-state index in [4.69, 9.17) is 4.74 Å². The van der Waals surface area contributed by atoms with E-state index in [0.717, 1.165) is 5.56 Å². The summed E-state index contributed by atoms with van der Waals surface area (Å²) in [4.78, 5) is 54.2. The molecule has 2 aromatic rings. The van der Waals surface area contributed by atoms with E-state index < -0.39 is 22.8 Å². The smallest absolute Gasteiger partial charge is 0.409 e. The van der Waals surface area contributed by atoms with Crippen LogP contribution in [0.3, 0.4) is 0 Å². The Bertz CT molecular complexity index is 1340. The number of nitrogens with zero attached hydrogens (tertiary/aromatic N) is 5. The number of rotatable bonds is 11. The summed E-state index contributed by atoms with van der Waals surface area (Å²) in [5.74, 6) is -0.733. The number of hydrogen-bond donors (Lipinski definition) is 2. The summed E-state index contributed by atoms with van der Waals surface area (Å²) in [5, 5.41) is 21.3. The highest BCUT2D eigenvalue weighted by atomic mass is 16.6. The Morgan fingerprint density at radius 2 is 1.25 bits per heavy atom. The third-order valence-corrected chi connectivity index (χ3v) is 6.60. The second kappa shape index (κ2) is 15.3. The van der Waals surface area contributed by atoms with E-state index >= 15 is 0 Å². The summed E-state index contributed by atoms with van der Waals surface area (Å²) in [5.41, 5.74) is 0.688. The summed E-state index contributed by atoms with van der Waals surface area (Å²) in [6.45, 7) is 12.4. The van der Waals surface area contributed by atoms with Crippen molar-refractivity contribution in [1.82, 2.24) is 20.0 Å². The Balaban J connectivity index is 1.89. The first kappa shape index (κ1) is 35.7. The van der Waals surface area contributed by atoms with Crippen LogP contribution in [0.4, 0.5) is 16.2 Å². The molecule has 0 heterocycles. The third kappa shape index (κ3) is 11.0. The summed E-state index contributed by atoms with van der Waals surface area (Å²) >= 11 is 0. The van der Waals surface area contributed by atoms with Crippen molar-refractivity contribution >= 4 is 35.2 Å². The van der Waals surface area contributed by atoms with Crippen LogP contribution >= 0.6 is 0 Å². The van der Waals surface area contributed by atoms with Crippen LogP contribution in [-0.2, 0) is 20.9 Å². The highest BCUT2D eigenvalue weighted by molar-refractivity contribution is 5.97. The van der Waals surface area contributed by atoms with Crippen molar-refractivity contribution in [1.29, 1.82) is 0 Å². The topological polar surface area (TPSA) is 144 Å². The van der Waals surface area contributed by atoms with Gasteiger partial charge in [0.25, 0.3) is 5.91 Å². The number of hydrogen-bond acceptors (Lipinski definition) is 8. The Morgan fingerprint density at radius 3 is 1.82 bits per heavy atom. The van der Waals surface area contributed by atoms with Crippen molar-refractivity contribution in [2.45, 2.75) is 48.1 Å². The molecular formula is C32H46N6O6. The van der Waals surface area contributed by atoms with E-state index in [0.29, 0.717) is 31.0 Å². The van der Waals surface area contributed by atoms with Gasteiger partial charge >= 0.3 is 6.09 Å². The van der Waals surface area contributed by atoms with Gasteiger partial charge in [-0.05, 0) is 35.9 Å². The molecule has 0 aliphatic heterocycles. The average molecular weight is 611 g/mol. The van der Waals surface area contributed by atoms with Gasteiger partial charge in [0.1, 0.15) is 12.4 Å². The molecule has 2 aromatic carbocycles. The third-order valence-electron chi connectivity index (χ3n) is 6.60. The highest BCUT2D eigenvalue weighted by Crippen LogP contribution is 2.25. The highest BCUT2D eigenvalue weighted by Gasteiger charge is 2.26. The lowest BCUT2D eigenvalue weighted by Crippen LogP contribution is -2.41. The van der Waals surface area contributed by atoms with Gasteiger partial charge in [0.05, 0.1) is 16.9 Å². The van der Waals surface area contributed by atoms with E-state index in [1.807, 2.05) is 41.5 Å². The molecule has 44 heavy (non-hydrogen) atoms. The zero-order valence-corrected chi connectivity index (χ0v) is 27.3. The van der Waals surface area contributed by atoms with Crippen molar-refractivity contribution in [2.24, 2.45) is 21.1 Å². The van der Waals surface area contributed by atoms with E-state index in [-0.39, 0.29) is 36.3 Å². The zero-order valence-electron chi connectivity index (χ0n) is 27.3. The van der Waals surface area contributed by atoms with Crippen molar-refractivity contribution in [3.05, 3.63) is 53.6 Å². The largest absolute Gasteiger partial charge is 0.507 e. The molecule has 0 saturated carbocycles. The number of azo groups is 1. The number of amides is 4. The molecule has 0 radical (unpaired) electrons. The fourth-order valence-corrected chi connectivity index (χ4v) is 3.97. The van der Waals surface area contributed by atoms with Gasteiger partial charge in [-0.15, -0.1) is 0 Å². The molecule has 240 valence electrons. The Kier molecular flexibility index (Phi) is 12.4. The minimum absolute atomic E-state index is 0.00167. The first-order valence-corrected chi connectivity index (χ1v) is 14.4. The lowest BCUT2D eigenvalue weighted by atomic mass is 9.95. The number of benzene rings is 2. The summed E-state index contributed by atoms with van der Waals surface area (Å²) < 4.78 is 5.38. The Hall–Kier alpha value is -4.48. The summed E-state index contributed by atoms with van der Waals surface area (Å²) in [6.07, 6.45) is -0.497. The van der Waals surface area contributed by atoms with Crippen molar-refractivity contribution in [2.75, 3.05) is 47.3 Å². The second-order valence-corrected chi connectivity index (χ2v) is 12.8. The maximum atomic E-state index is 12.7. The summed E-state index contributed by atoms with van der Waals surface area (Å²) in [6, 6.07) is 11.3. The van der Waals surface area contributed by atoms with Gasteiger partial charge in [-0.3, -0.25) is 14.4 Å². The van der Waals surface area contributed by atoms with Crippen molar-refractivity contribution < 1.29 is 29.0 Å². The van der Waals surface area contributed by atoms with Crippen molar-refractivity contribution in [3.8, 4) is 5.75 Å². The maximum absolute atomic E-state index is 12.7. The van der Waals surface area contributed by atoms with Gasteiger partial charge < -0.3 is 29.9 Å². The number of phenols is 1. The number of carbonyl (C=O) groups is 4. The molecule has 0 aliphatic carbocycles. The van der Waals surface area contributed by atoms with E-state index in [9.17, 15) is 24.3 Å². The zero-order chi connectivity index (χ0) is 33.2. The molecule has 0 saturated heterocycles. The number of aromatic hydroxyl groups is 1. The van der Waals surface area contributed by atoms with Gasteiger partial charge in [-0.25, -0.2) is 4.79 Å². The van der Waals surface area contributed by atoms with E-state index in [1.54, 1.807) is 55.2 Å². The predicted octanol–water partition coefficient (Wildman–Crippen LogP) is 5.11. The SMILES string of the molecule is CN(CCN(C)C(=O)C(C)(C)C)C(=O)OCc1ccc(N=Nc2ccc(O)c(C(=O)NCCN(C)C(=O)C(C)(C)C)c2)cc1. The van der Waals surface area contributed by atoms with Crippen LogP contribution in [0.25, 0.3) is 0 Å². The minimum atomic E-state index is -0.520. The molecular weight excluding hydrogens is 564 g/mol. The van der Waals surface area contributed by atoms with Gasteiger partial charge in [-0.2, -0.15) is 10.2 Å². The van der Waals surface area contributed by atoms with Crippen LogP contribution in [0.5, 0.6) is 5.75 Å². The predicted molar refractivity (Wildman–Crippen MR) is 168 cm³/mol. The van der Waals surface area contributed by atoms with Crippen molar-refractivity contribution in [3.63, 3.8) is 0 Å². The average Bonchev–Trinajstić information content (AvgIpc) is 2.96. The quantitative estimate of drug-likeness (QED) is 0.338. The monoisotopic (exact) mass is 610 g/mol. The van der Waals surface area contributed by atoms with E-state index in [2.05, 4.69) is 15.5 Å². The fraction of sp³-hybridized carbons (Fsp3) is 0.500. The number of likely N-dealkylation sites (N-methyl/N-ethyl adjacent to an activating group) is 3. The standard InChI is InChI=1S/C32H46N6O6/c1-31(2,3)28(41)36(7)17-16-33-27(40)25-20-24(14-15-26(25)39)35-34-23-12-10-22(11-13-23)21-44-30(43)38(9)19-18-37(8)29(42)32(4,5)6/h10-15,20,39H,16-19,21H2,1-9H3,(H,33,40). The lowest BCUT2D eigenvalue weighted by Gasteiger charge is -2.27. The summed E-state index contributed by atoms with van der Waals surface area (Å²) in [7, 11) is 5.01. The van der Waals surface area contributed by atoms with Gasteiger partial charge in [0, 0.05) is 58.2 Å². The molecule has 0 aliphatic rings. The normalized spacial score (nSPS) is 11.7. The molecule has 2 N–H and O–H groups in total. The molecule has 12 heteroatoms. The molecule has 0 atom stereocenters. The van der Waals surface area contributed by atoms with Gasteiger partial charge in [0.15, 0.2) is 0 Å². The first-order valence-electron chi connectivity index (χ1n) is 14.4. The van der Waals surface area contributed by atoms with Crippen LogP contribution in [0, 0.1) is 10.8 Å². The molecule has 0 bridgehead atoms. The van der Waals surface area contributed by atoms with Crippen LogP contribution in [0.2, 0.25) is 0 Å². The molecule has 4 amide bonds. The molecule has 0 fully saturated rings. The van der Waals surface area contributed by atoms with Gasteiger partial charge in [0.2, 0.25) is 11.8 Å². The lowest BCUT2D eigenvalue weighted by molar-refractivity contribution is -0.138. The molecule has 2 rings (SSSR count).